The molecule has 2 N–H and O–H groups in total. The van der Waals surface area contributed by atoms with E-state index in [2.05, 4.69) is 0 Å². The molecule has 18 heavy (non-hydrogen) atoms. The molecule has 0 atom stereocenters. The van der Waals surface area contributed by atoms with Crippen molar-refractivity contribution in [1.82, 2.24) is 0 Å². The van der Waals surface area contributed by atoms with Crippen LogP contribution < -0.4 is 10.5 Å². The molecule has 0 fully saturated rings. The van der Waals surface area contributed by atoms with Crippen LogP contribution in [0.3, 0.4) is 0 Å². The zero-order valence-corrected chi connectivity index (χ0v) is 11.0. The van der Waals surface area contributed by atoms with Gasteiger partial charge >= 0.3 is 0 Å². The van der Waals surface area contributed by atoms with Crippen LogP contribution in [0.4, 0.5) is 10.1 Å². The number of halogens is 3. The Balaban J connectivity index is 2.42. The predicted molar refractivity (Wildman–Crippen MR) is 72.1 cm³/mol. The summed E-state index contributed by atoms with van der Waals surface area (Å²) in [4.78, 5) is 0. The van der Waals surface area contributed by atoms with E-state index in [4.69, 9.17) is 33.7 Å². The van der Waals surface area contributed by atoms with Gasteiger partial charge in [0.1, 0.15) is 5.75 Å². The summed E-state index contributed by atoms with van der Waals surface area (Å²) < 4.78 is 19.3. The van der Waals surface area contributed by atoms with Crippen molar-refractivity contribution in [1.29, 1.82) is 0 Å². The van der Waals surface area contributed by atoms with E-state index in [0.717, 1.165) is 0 Å². The number of benzene rings is 2. The number of ether oxygens (including phenoxy) is 1. The molecule has 0 aliphatic rings. The standard InChI is InChI=1S/C13H10Cl2FNO/c1-7-2-3-11(15)13(12(7)16)18-10-5-8(14)4-9(17)6-10/h2-6H,17H2,1H3. The molecule has 0 radical (unpaired) electrons. The number of nitrogen functional groups attached to an aromatic ring is 1. The van der Waals surface area contributed by atoms with Gasteiger partial charge < -0.3 is 10.5 Å². The third-order valence-corrected chi connectivity index (χ3v) is 2.87. The first kappa shape index (κ1) is 13.0. The van der Waals surface area contributed by atoms with Crippen LogP contribution in [0.2, 0.25) is 10.0 Å². The summed E-state index contributed by atoms with van der Waals surface area (Å²) in [7, 11) is 0. The molecule has 94 valence electrons. The highest BCUT2D eigenvalue weighted by Gasteiger charge is 2.13. The van der Waals surface area contributed by atoms with Crippen molar-refractivity contribution in [3.05, 3.63) is 51.8 Å². The van der Waals surface area contributed by atoms with E-state index in [1.165, 1.54) is 6.07 Å². The van der Waals surface area contributed by atoms with E-state index < -0.39 is 5.82 Å². The maximum atomic E-state index is 13.9. The summed E-state index contributed by atoms with van der Waals surface area (Å²) in [6.07, 6.45) is 0. The van der Waals surface area contributed by atoms with Crippen LogP contribution >= 0.6 is 23.2 Å². The van der Waals surface area contributed by atoms with E-state index in [-0.39, 0.29) is 10.8 Å². The Morgan fingerprint density at radius 2 is 1.89 bits per heavy atom. The highest BCUT2D eigenvalue weighted by atomic mass is 35.5. The molecule has 0 amide bonds. The lowest BCUT2D eigenvalue weighted by Crippen LogP contribution is -1.93. The Kier molecular flexibility index (Phi) is 3.64. The second-order valence-electron chi connectivity index (χ2n) is 3.83. The molecule has 2 aromatic carbocycles. The lowest BCUT2D eigenvalue weighted by molar-refractivity contribution is 0.440. The third-order valence-electron chi connectivity index (χ3n) is 2.36. The van der Waals surface area contributed by atoms with E-state index in [1.54, 1.807) is 31.2 Å². The zero-order valence-electron chi connectivity index (χ0n) is 9.51. The van der Waals surface area contributed by atoms with E-state index in [0.29, 0.717) is 22.0 Å². The average molecular weight is 286 g/mol. The molecule has 0 bridgehead atoms. The normalized spacial score (nSPS) is 10.4. The summed E-state index contributed by atoms with van der Waals surface area (Å²) in [5.41, 5.74) is 6.51. The van der Waals surface area contributed by atoms with Crippen molar-refractivity contribution < 1.29 is 9.13 Å². The molecule has 0 saturated carbocycles. The summed E-state index contributed by atoms with van der Waals surface area (Å²) in [5, 5.41) is 0.603. The Morgan fingerprint density at radius 3 is 2.56 bits per heavy atom. The van der Waals surface area contributed by atoms with Gasteiger partial charge in [0.15, 0.2) is 11.6 Å². The fraction of sp³-hybridized carbons (Fsp3) is 0.0769. The Labute approximate surface area is 114 Å². The second kappa shape index (κ2) is 5.04. The van der Waals surface area contributed by atoms with Gasteiger partial charge in [-0.3, -0.25) is 0 Å². The number of aryl methyl sites for hydroxylation is 1. The van der Waals surface area contributed by atoms with Crippen LogP contribution in [0.5, 0.6) is 11.5 Å². The van der Waals surface area contributed by atoms with Gasteiger partial charge in [-0.2, -0.15) is 0 Å². The summed E-state index contributed by atoms with van der Waals surface area (Å²) in [5.74, 6) is -0.189. The first-order chi connectivity index (χ1) is 8.47. The van der Waals surface area contributed by atoms with Crippen LogP contribution in [-0.4, -0.2) is 0 Å². The summed E-state index contributed by atoms with van der Waals surface area (Å²) >= 11 is 11.7. The first-order valence-electron chi connectivity index (χ1n) is 5.16. The van der Waals surface area contributed by atoms with Crippen LogP contribution in [-0.2, 0) is 0 Å². The number of nitrogens with two attached hydrogens (primary N) is 1. The minimum Gasteiger partial charge on any atom is -0.453 e. The highest BCUT2D eigenvalue weighted by molar-refractivity contribution is 6.32. The zero-order chi connectivity index (χ0) is 13.3. The molecule has 2 aromatic rings. The van der Waals surface area contributed by atoms with E-state index >= 15 is 0 Å². The van der Waals surface area contributed by atoms with Gasteiger partial charge in [0, 0.05) is 16.8 Å². The number of hydrogen-bond donors (Lipinski definition) is 1. The van der Waals surface area contributed by atoms with Crippen molar-refractivity contribution in [2.24, 2.45) is 0 Å². The van der Waals surface area contributed by atoms with Gasteiger partial charge in [0.25, 0.3) is 0 Å². The van der Waals surface area contributed by atoms with Crippen LogP contribution in [0.1, 0.15) is 5.56 Å². The number of anilines is 1. The minimum atomic E-state index is -0.499. The van der Waals surface area contributed by atoms with Crippen molar-refractivity contribution >= 4 is 28.9 Å². The van der Waals surface area contributed by atoms with Gasteiger partial charge in [-0.25, -0.2) is 4.39 Å². The van der Waals surface area contributed by atoms with Gasteiger partial charge in [0.2, 0.25) is 0 Å². The lowest BCUT2D eigenvalue weighted by atomic mass is 10.2. The fourth-order valence-corrected chi connectivity index (χ4v) is 1.90. The first-order valence-corrected chi connectivity index (χ1v) is 5.91. The maximum Gasteiger partial charge on any atom is 0.181 e. The van der Waals surface area contributed by atoms with Crippen LogP contribution in [0.25, 0.3) is 0 Å². The smallest absolute Gasteiger partial charge is 0.181 e. The van der Waals surface area contributed by atoms with E-state index in [9.17, 15) is 4.39 Å². The summed E-state index contributed by atoms with van der Waals surface area (Å²) in [6.45, 7) is 1.63. The molecular formula is C13H10Cl2FNO. The molecule has 2 nitrogen and oxygen atoms in total. The average Bonchev–Trinajstić information content (AvgIpc) is 2.28. The van der Waals surface area contributed by atoms with Gasteiger partial charge in [-0.15, -0.1) is 0 Å². The molecule has 0 aromatic heterocycles. The fourth-order valence-electron chi connectivity index (χ4n) is 1.49. The van der Waals surface area contributed by atoms with Crippen LogP contribution in [0, 0.1) is 12.7 Å². The molecular weight excluding hydrogens is 276 g/mol. The largest absolute Gasteiger partial charge is 0.453 e. The molecule has 0 saturated heterocycles. The van der Waals surface area contributed by atoms with Gasteiger partial charge in [0.05, 0.1) is 5.02 Å². The SMILES string of the molecule is Cc1ccc(Cl)c(Oc2cc(N)cc(Cl)c2)c1F. The quantitative estimate of drug-likeness (QED) is 0.803. The number of hydrogen-bond acceptors (Lipinski definition) is 2. The lowest BCUT2D eigenvalue weighted by Gasteiger charge is -2.11. The number of rotatable bonds is 2. The topological polar surface area (TPSA) is 35.2 Å². The van der Waals surface area contributed by atoms with Crippen molar-refractivity contribution in [3.8, 4) is 11.5 Å². The molecule has 0 heterocycles. The van der Waals surface area contributed by atoms with Gasteiger partial charge in [-0.1, -0.05) is 29.3 Å². The monoisotopic (exact) mass is 285 g/mol. The summed E-state index contributed by atoms with van der Waals surface area (Å²) in [6, 6.07) is 7.81. The van der Waals surface area contributed by atoms with Gasteiger partial charge in [-0.05, 0) is 30.7 Å². The van der Waals surface area contributed by atoms with Crippen LogP contribution in [0.15, 0.2) is 30.3 Å². The third kappa shape index (κ3) is 2.68. The molecule has 0 aliphatic heterocycles. The molecule has 0 spiro atoms. The molecule has 0 unspecified atom stereocenters. The van der Waals surface area contributed by atoms with Crippen molar-refractivity contribution in [3.63, 3.8) is 0 Å². The Bertz CT molecular complexity index is 582. The van der Waals surface area contributed by atoms with E-state index in [1.807, 2.05) is 0 Å². The molecule has 5 heteroatoms. The highest BCUT2D eigenvalue weighted by Crippen LogP contribution is 2.35. The maximum absolute atomic E-state index is 13.9. The Hall–Kier alpha value is -1.45. The second-order valence-corrected chi connectivity index (χ2v) is 4.67. The van der Waals surface area contributed by atoms with Crippen molar-refractivity contribution in [2.75, 3.05) is 5.73 Å². The predicted octanol–water partition coefficient (Wildman–Crippen LogP) is 4.82. The van der Waals surface area contributed by atoms with Crippen molar-refractivity contribution in [2.45, 2.75) is 6.92 Å². The minimum absolute atomic E-state index is 0.0293. The Morgan fingerprint density at radius 1 is 1.17 bits per heavy atom. The molecule has 0 aliphatic carbocycles. The molecule has 2 rings (SSSR count).